The van der Waals surface area contributed by atoms with E-state index in [1.54, 1.807) is 0 Å². The van der Waals surface area contributed by atoms with E-state index >= 15 is 0 Å². The first-order chi connectivity index (χ1) is 8.11. The van der Waals surface area contributed by atoms with Gasteiger partial charge < -0.3 is 15.5 Å². The highest BCUT2D eigenvalue weighted by Crippen LogP contribution is 2.32. The van der Waals surface area contributed by atoms with E-state index in [-0.39, 0.29) is 6.04 Å². The monoisotopic (exact) mass is 260 g/mol. The van der Waals surface area contributed by atoms with Crippen LogP contribution < -0.4 is 22.5 Å². The summed E-state index contributed by atoms with van der Waals surface area (Å²) in [5.41, 5.74) is 13.5. The van der Waals surface area contributed by atoms with Crippen LogP contribution in [0.3, 0.4) is 0 Å². The van der Waals surface area contributed by atoms with Crippen molar-refractivity contribution in [2.45, 2.75) is 69.0 Å². The van der Waals surface area contributed by atoms with E-state index in [9.17, 15) is 10.2 Å². The van der Waals surface area contributed by atoms with E-state index in [2.05, 4.69) is 5.32 Å². The Morgan fingerprint density at radius 3 is 2.11 bits per heavy atom. The molecule has 1 fully saturated rings. The molecule has 0 saturated carbocycles. The standard InChI is InChI=1S/C12H28N4O2/c1-10(17,11(2,18)12(13,14)15)9-7-5-3-4-6-8-16-9/h9,16-18H,3-8,13-15H2,1-2H3. The highest BCUT2D eigenvalue weighted by molar-refractivity contribution is 5.09. The quantitative estimate of drug-likeness (QED) is 0.359. The first-order valence-electron chi connectivity index (χ1n) is 6.65. The van der Waals surface area contributed by atoms with Crippen molar-refractivity contribution in [2.24, 2.45) is 17.2 Å². The molecule has 0 bridgehead atoms. The Morgan fingerprint density at radius 1 is 1.00 bits per heavy atom. The molecule has 6 nitrogen and oxygen atoms in total. The van der Waals surface area contributed by atoms with Crippen molar-refractivity contribution in [1.29, 1.82) is 0 Å². The molecule has 1 saturated heterocycles. The summed E-state index contributed by atoms with van der Waals surface area (Å²) in [4.78, 5) is 0. The van der Waals surface area contributed by atoms with Crippen LogP contribution in [0.4, 0.5) is 0 Å². The third-order valence-electron chi connectivity index (χ3n) is 4.32. The van der Waals surface area contributed by atoms with E-state index in [1.807, 2.05) is 0 Å². The number of hydrogen-bond donors (Lipinski definition) is 6. The zero-order valence-electron chi connectivity index (χ0n) is 11.4. The van der Waals surface area contributed by atoms with E-state index in [4.69, 9.17) is 17.2 Å². The molecule has 9 N–H and O–H groups in total. The summed E-state index contributed by atoms with van der Waals surface area (Å²) >= 11 is 0. The first kappa shape index (κ1) is 15.8. The van der Waals surface area contributed by atoms with Crippen LogP contribution in [0, 0.1) is 0 Å². The largest absolute Gasteiger partial charge is 0.385 e. The second kappa shape index (κ2) is 5.40. The van der Waals surface area contributed by atoms with Gasteiger partial charge in [0.1, 0.15) is 17.0 Å². The number of nitrogens with one attached hydrogen (secondary N) is 1. The van der Waals surface area contributed by atoms with Gasteiger partial charge in [0.2, 0.25) is 0 Å². The summed E-state index contributed by atoms with van der Waals surface area (Å²) in [5, 5.41) is 24.4. The van der Waals surface area contributed by atoms with E-state index in [1.165, 1.54) is 20.3 Å². The Morgan fingerprint density at radius 2 is 1.56 bits per heavy atom. The van der Waals surface area contributed by atoms with Crippen LogP contribution in [-0.2, 0) is 0 Å². The summed E-state index contributed by atoms with van der Waals surface area (Å²) in [6.07, 6.45) is 5.14. The molecule has 0 amide bonds. The molecule has 108 valence electrons. The second-order valence-corrected chi connectivity index (χ2v) is 5.86. The average molecular weight is 260 g/mol. The minimum atomic E-state index is -1.86. The van der Waals surface area contributed by atoms with Crippen molar-refractivity contribution >= 4 is 0 Å². The molecular weight excluding hydrogens is 232 g/mol. The van der Waals surface area contributed by atoms with Gasteiger partial charge in [0, 0.05) is 6.04 Å². The van der Waals surface area contributed by atoms with Crippen LogP contribution in [0.25, 0.3) is 0 Å². The van der Waals surface area contributed by atoms with Gasteiger partial charge in [-0.15, -0.1) is 0 Å². The predicted octanol–water partition coefficient (Wildman–Crippen LogP) is -1.06. The number of rotatable bonds is 3. The fraction of sp³-hybridized carbons (Fsp3) is 1.00. The van der Waals surface area contributed by atoms with Crippen LogP contribution in [0.5, 0.6) is 0 Å². The highest BCUT2D eigenvalue weighted by atomic mass is 16.4. The summed E-state index contributed by atoms with van der Waals surface area (Å²) in [5.74, 6) is -1.86. The molecule has 1 heterocycles. The lowest BCUT2D eigenvalue weighted by atomic mass is 9.74. The van der Waals surface area contributed by atoms with Gasteiger partial charge in [-0.05, 0) is 33.2 Å². The van der Waals surface area contributed by atoms with Gasteiger partial charge in [-0.1, -0.05) is 19.3 Å². The van der Waals surface area contributed by atoms with Gasteiger partial charge in [0.25, 0.3) is 0 Å². The van der Waals surface area contributed by atoms with Crippen LogP contribution in [0.1, 0.15) is 46.0 Å². The summed E-state index contributed by atoms with van der Waals surface area (Å²) < 4.78 is 0. The Balaban J connectivity index is 2.88. The molecule has 0 aromatic carbocycles. The molecule has 0 aliphatic carbocycles. The fourth-order valence-corrected chi connectivity index (χ4v) is 2.46. The van der Waals surface area contributed by atoms with Gasteiger partial charge in [-0.3, -0.25) is 17.2 Å². The maximum atomic E-state index is 10.7. The van der Waals surface area contributed by atoms with E-state index < -0.39 is 17.0 Å². The molecule has 1 rings (SSSR count). The van der Waals surface area contributed by atoms with Crippen LogP contribution >= 0.6 is 0 Å². The Hall–Kier alpha value is -0.240. The van der Waals surface area contributed by atoms with Crippen molar-refractivity contribution in [3.8, 4) is 0 Å². The number of hydrogen-bond acceptors (Lipinski definition) is 6. The van der Waals surface area contributed by atoms with E-state index in [0.29, 0.717) is 0 Å². The Labute approximate surface area is 109 Å². The topological polar surface area (TPSA) is 131 Å². The number of nitrogens with two attached hydrogens (primary N) is 3. The molecular formula is C12H28N4O2. The molecule has 1 aliphatic rings. The maximum absolute atomic E-state index is 10.7. The summed E-state index contributed by atoms with van der Waals surface area (Å²) in [6, 6.07) is -0.275. The SMILES string of the molecule is CC(O)(C1CCCCCCN1)C(C)(O)C(N)(N)N. The van der Waals surface area contributed by atoms with Crippen molar-refractivity contribution in [3.63, 3.8) is 0 Å². The van der Waals surface area contributed by atoms with Crippen molar-refractivity contribution < 1.29 is 10.2 Å². The molecule has 18 heavy (non-hydrogen) atoms. The molecule has 0 spiro atoms. The lowest BCUT2D eigenvalue weighted by Gasteiger charge is -2.50. The Kier molecular flexibility index (Phi) is 4.75. The zero-order chi connectivity index (χ0) is 14.0. The molecule has 1 aliphatic heterocycles. The molecule has 0 aromatic rings. The van der Waals surface area contributed by atoms with E-state index in [0.717, 1.165) is 32.2 Å². The van der Waals surface area contributed by atoms with Crippen LogP contribution in [0.15, 0.2) is 0 Å². The lowest BCUT2D eigenvalue weighted by molar-refractivity contribution is -0.184. The minimum Gasteiger partial charge on any atom is -0.385 e. The maximum Gasteiger partial charge on any atom is 0.148 e. The molecule has 0 radical (unpaired) electrons. The van der Waals surface area contributed by atoms with Crippen molar-refractivity contribution in [2.75, 3.05) is 6.54 Å². The molecule has 3 unspecified atom stereocenters. The first-order valence-corrected chi connectivity index (χ1v) is 6.65. The van der Waals surface area contributed by atoms with Crippen LogP contribution in [-0.4, -0.2) is 39.8 Å². The van der Waals surface area contributed by atoms with Crippen molar-refractivity contribution in [1.82, 2.24) is 5.32 Å². The van der Waals surface area contributed by atoms with Crippen LogP contribution in [0.2, 0.25) is 0 Å². The summed E-state index contributed by atoms with van der Waals surface area (Å²) in [7, 11) is 0. The average Bonchev–Trinajstić information content (AvgIpc) is 2.13. The Bertz CT molecular complexity index is 266. The minimum absolute atomic E-state index is 0.275. The third kappa shape index (κ3) is 3.01. The lowest BCUT2D eigenvalue weighted by Crippen LogP contribution is -2.81. The van der Waals surface area contributed by atoms with Gasteiger partial charge in [-0.25, -0.2) is 0 Å². The van der Waals surface area contributed by atoms with Gasteiger partial charge in [0.05, 0.1) is 0 Å². The normalized spacial score (nSPS) is 29.8. The molecule has 3 atom stereocenters. The van der Waals surface area contributed by atoms with Gasteiger partial charge >= 0.3 is 0 Å². The van der Waals surface area contributed by atoms with Gasteiger partial charge in [-0.2, -0.15) is 0 Å². The smallest absolute Gasteiger partial charge is 0.148 e. The summed E-state index contributed by atoms with van der Waals surface area (Å²) in [6.45, 7) is 3.73. The fourth-order valence-electron chi connectivity index (χ4n) is 2.46. The highest BCUT2D eigenvalue weighted by Gasteiger charge is 2.55. The zero-order valence-corrected chi connectivity index (χ0v) is 11.4. The third-order valence-corrected chi connectivity index (χ3v) is 4.32. The van der Waals surface area contributed by atoms with Crippen molar-refractivity contribution in [3.05, 3.63) is 0 Å². The molecule has 6 heteroatoms. The second-order valence-electron chi connectivity index (χ2n) is 5.86. The number of aliphatic hydroxyl groups is 2. The molecule has 0 aromatic heterocycles. The predicted molar refractivity (Wildman–Crippen MR) is 71.4 cm³/mol. The van der Waals surface area contributed by atoms with Gasteiger partial charge in [0.15, 0.2) is 0 Å².